The highest BCUT2D eigenvalue weighted by atomic mass is 16.3. The van der Waals surface area contributed by atoms with Crippen molar-refractivity contribution in [1.29, 1.82) is 0 Å². The number of aliphatic hydroxyl groups is 1. The molecular formula is C15H28N2O2. The molecule has 0 bridgehead atoms. The van der Waals surface area contributed by atoms with Gasteiger partial charge in [-0.05, 0) is 36.5 Å². The average Bonchev–Trinajstić information content (AvgIpc) is 2.59. The number of rotatable bonds is 2. The maximum atomic E-state index is 12.2. The van der Waals surface area contributed by atoms with Crippen molar-refractivity contribution < 1.29 is 9.90 Å². The zero-order chi connectivity index (χ0) is 14.3. The number of carbonyl (C=O) groups excluding carboxylic acids is 1. The predicted molar refractivity (Wildman–Crippen MR) is 75.8 cm³/mol. The first kappa shape index (κ1) is 14.8. The maximum Gasteiger partial charge on any atom is 0.237 e. The van der Waals surface area contributed by atoms with E-state index in [0.717, 1.165) is 12.8 Å². The normalized spacial score (nSPS) is 34.2. The highest BCUT2D eigenvalue weighted by Gasteiger charge is 2.39. The van der Waals surface area contributed by atoms with E-state index in [1.54, 1.807) is 0 Å². The molecule has 2 atom stereocenters. The summed E-state index contributed by atoms with van der Waals surface area (Å²) in [6, 6.07) is 0.0361. The summed E-state index contributed by atoms with van der Waals surface area (Å²) in [5, 5.41) is 15.7. The Balaban J connectivity index is 1.93. The van der Waals surface area contributed by atoms with Crippen LogP contribution in [0.2, 0.25) is 0 Å². The minimum atomic E-state index is -0.380. The van der Waals surface area contributed by atoms with Crippen LogP contribution in [0.5, 0.6) is 0 Å². The van der Waals surface area contributed by atoms with E-state index in [1.807, 2.05) is 0 Å². The first-order chi connectivity index (χ1) is 8.67. The SMILES string of the molecule is CC1(C)CC(NC(=O)C2CC(O)CN2)CC(C)(C)C1. The van der Waals surface area contributed by atoms with Gasteiger partial charge in [-0.2, -0.15) is 0 Å². The average molecular weight is 268 g/mol. The molecule has 2 rings (SSSR count). The highest BCUT2D eigenvalue weighted by Crippen LogP contribution is 2.45. The lowest BCUT2D eigenvalue weighted by Gasteiger charge is -2.45. The summed E-state index contributed by atoms with van der Waals surface area (Å²) in [6.07, 6.45) is 3.43. The minimum absolute atomic E-state index is 0.0510. The quantitative estimate of drug-likeness (QED) is 0.710. The van der Waals surface area contributed by atoms with Gasteiger partial charge in [-0.15, -0.1) is 0 Å². The number of aliphatic hydroxyl groups excluding tert-OH is 1. The van der Waals surface area contributed by atoms with E-state index in [-0.39, 0.29) is 34.9 Å². The molecule has 1 aliphatic carbocycles. The predicted octanol–water partition coefficient (Wildman–Crippen LogP) is 1.43. The van der Waals surface area contributed by atoms with Gasteiger partial charge in [0.2, 0.25) is 5.91 Å². The van der Waals surface area contributed by atoms with Gasteiger partial charge in [-0.1, -0.05) is 27.7 Å². The molecule has 0 aromatic rings. The molecule has 1 heterocycles. The van der Waals surface area contributed by atoms with E-state index < -0.39 is 0 Å². The Morgan fingerprint density at radius 3 is 2.26 bits per heavy atom. The molecule has 2 fully saturated rings. The van der Waals surface area contributed by atoms with E-state index >= 15 is 0 Å². The summed E-state index contributed by atoms with van der Waals surface area (Å²) in [5.41, 5.74) is 0.560. The van der Waals surface area contributed by atoms with Crippen molar-refractivity contribution in [3.8, 4) is 0 Å². The molecule has 19 heavy (non-hydrogen) atoms. The van der Waals surface area contributed by atoms with Gasteiger partial charge < -0.3 is 15.7 Å². The third kappa shape index (κ3) is 3.93. The number of nitrogens with one attached hydrogen (secondary N) is 2. The van der Waals surface area contributed by atoms with Crippen LogP contribution >= 0.6 is 0 Å². The van der Waals surface area contributed by atoms with Crippen molar-refractivity contribution in [2.45, 2.75) is 71.6 Å². The molecule has 4 heteroatoms. The number of hydrogen-bond donors (Lipinski definition) is 3. The molecule has 2 aliphatic rings. The van der Waals surface area contributed by atoms with Crippen LogP contribution < -0.4 is 10.6 Å². The van der Waals surface area contributed by atoms with Crippen LogP contribution in [0, 0.1) is 10.8 Å². The topological polar surface area (TPSA) is 61.4 Å². The molecule has 1 saturated carbocycles. The van der Waals surface area contributed by atoms with Crippen molar-refractivity contribution in [2.75, 3.05) is 6.54 Å². The largest absolute Gasteiger partial charge is 0.392 e. The standard InChI is InChI=1S/C15H28N2O2/c1-14(2)6-10(7-15(3,4)9-14)17-13(19)12-5-11(18)8-16-12/h10-12,16,18H,5-9H2,1-4H3,(H,17,19). The van der Waals surface area contributed by atoms with Gasteiger partial charge in [0.05, 0.1) is 12.1 Å². The zero-order valence-corrected chi connectivity index (χ0v) is 12.6. The van der Waals surface area contributed by atoms with Crippen LogP contribution in [0.15, 0.2) is 0 Å². The summed E-state index contributed by atoms with van der Waals surface area (Å²) >= 11 is 0. The van der Waals surface area contributed by atoms with E-state index in [0.29, 0.717) is 13.0 Å². The van der Waals surface area contributed by atoms with E-state index in [9.17, 15) is 9.90 Å². The molecule has 3 N–H and O–H groups in total. The van der Waals surface area contributed by atoms with E-state index in [4.69, 9.17) is 0 Å². The Bertz CT molecular complexity index is 336. The van der Waals surface area contributed by atoms with Crippen LogP contribution in [0.3, 0.4) is 0 Å². The number of β-amino-alcohol motifs (C(OH)–C–C–N with tert-alkyl or cyclic N) is 1. The van der Waals surface area contributed by atoms with Gasteiger partial charge in [0.1, 0.15) is 0 Å². The highest BCUT2D eigenvalue weighted by molar-refractivity contribution is 5.82. The second-order valence-electron chi connectivity index (χ2n) is 7.97. The van der Waals surface area contributed by atoms with Crippen molar-refractivity contribution >= 4 is 5.91 Å². The second kappa shape index (κ2) is 5.06. The van der Waals surface area contributed by atoms with Gasteiger partial charge in [-0.25, -0.2) is 0 Å². The number of hydrogen-bond acceptors (Lipinski definition) is 3. The fourth-order valence-electron chi connectivity index (χ4n) is 4.17. The third-order valence-corrected chi connectivity index (χ3v) is 4.33. The Morgan fingerprint density at radius 1 is 1.21 bits per heavy atom. The first-order valence-electron chi connectivity index (χ1n) is 7.39. The second-order valence-corrected chi connectivity index (χ2v) is 7.97. The fourth-order valence-corrected chi connectivity index (χ4v) is 4.17. The Hall–Kier alpha value is -0.610. The fraction of sp³-hybridized carbons (Fsp3) is 0.933. The summed E-state index contributed by atoms with van der Waals surface area (Å²) in [6.45, 7) is 9.66. The lowest BCUT2D eigenvalue weighted by atomic mass is 9.63. The van der Waals surface area contributed by atoms with Crippen LogP contribution in [-0.4, -0.2) is 35.7 Å². The van der Waals surface area contributed by atoms with Crippen molar-refractivity contribution in [3.63, 3.8) is 0 Å². The molecule has 0 radical (unpaired) electrons. The monoisotopic (exact) mass is 268 g/mol. The Labute approximate surface area is 116 Å². The molecule has 0 aromatic carbocycles. The molecule has 1 saturated heterocycles. The lowest BCUT2D eigenvalue weighted by Crippen LogP contribution is -2.50. The van der Waals surface area contributed by atoms with E-state index in [1.165, 1.54) is 6.42 Å². The zero-order valence-electron chi connectivity index (χ0n) is 12.6. The van der Waals surface area contributed by atoms with Gasteiger partial charge >= 0.3 is 0 Å². The van der Waals surface area contributed by atoms with Crippen LogP contribution in [0.4, 0.5) is 0 Å². The van der Waals surface area contributed by atoms with Crippen molar-refractivity contribution in [2.24, 2.45) is 10.8 Å². The molecule has 0 aromatic heterocycles. The van der Waals surface area contributed by atoms with Gasteiger partial charge in [0.15, 0.2) is 0 Å². The summed E-state index contributed by atoms with van der Waals surface area (Å²) < 4.78 is 0. The van der Waals surface area contributed by atoms with Crippen LogP contribution in [-0.2, 0) is 4.79 Å². The molecule has 0 spiro atoms. The van der Waals surface area contributed by atoms with Crippen LogP contribution in [0.25, 0.3) is 0 Å². The Kier molecular flexibility index (Phi) is 3.94. The van der Waals surface area contributed by atoms with Crippen molar-refractivity contribution in [1.82, 2.24) is 10.6 Å². The van der Waals surface area contributed by atoms with Gasteiger partial charge in [0.25, 0.3) is 0 Å². The lowest BCUT2D eigenvalue weighted by molar-refractivity contribution is -0.124. The summed E-state index contributed by atoms with van der Waals surface area (Å²) in [4.78, 5) is 12.2. The molecule has 2 unspecified atom stereocenters. The van der Waals surface area contributed by atoms with Crippen LogP contribution in [0.1, 0.15) is 53.4 Å². The smallest absolute Gasteiger partial charge is 0.237 e. The summed E-state index contributed by atoms with van der Waals surface area (Å²) in [7, 11) is 0. The Morgan fingerprint density at radius 2 is 1.79 bits per heavy atom. The molecule has 4 nitrogen and oxygen atoms in total. The number of amides is 1. The summed E-state index contributed by atoms with van der Waals surface area (Å²) in [5.74, 6) is 0.0510. The maximum absolute atomic E-state index is 12.2. The molecular weight excluding hydrogens is 240 g/mol. The van der Waals surface area contributed by atoms with Gasteiger partial charge in [0, 0.05) is 12.6 Å². The molecule has 1 aliphatic heterocycles. The molecule has 1 amide bonds. The number of carbonyl (C=O) groups is 1. The van der Waals surface area contributed by atoms with Gasteiger partial charge in [-0.3, -0.25) is 4.79 Å². The first-order valence-corrected chi connectivity index (χ1v) is 7.39. The minimum Gasteiger partial charge on any atom is -0.392 e. The third-order valence-electron chi connectivity index (χ3n) is 4.33. The molecule has 110 valence electrons. The van der Waals surface area contributed by atoms with Crippen molar-refractivity contribution in [3.05, 3.63) is 0 Å². The van der Waals surface area contributed by atoms with E-state index in [2.05, 4.69) is 38.3 Å².